The third-order valence-electron chi connectivity index (χ3n) is 3.38. The van der Waals surface area contributed by atoms with Gasteiger partial charge in [0.15, 0.2) is 11.6 Å². The lowest BCUT2D eigenvalue weighted by Crippen LogP contribution is -2.33. The highest BCUT2D eigenvalue weighted by molar-refractivity contribution is 5.78. The van der Waals surface area contributed by atoms with E-state index in [1.165, 1.54) is 16.7 Å². The van der Waals surface area contributed by atoms with Gasteiger partial charge in [0.2, 0.25) is 5.91 Å². The number of aromatic nitrogens is 2. The van der Waals surface area contributed by atoms with Gasteiger partial charge in [-0.05, 0) is 37.6 Å². The third-order valence-corrected chi connectivity index (χ3v) is 3.38. The molecule has 0 bridgehead atoms. The van der Waals surface area contributed by atoms with E-state index in [4.69, 9.17) is 5.11 Å². The Labute approximate surface area is 132 Å². The molecule has 0 unspecified atom stereocenters. The van der Waals surface area contributed by atoms with Crippen LogP contribution in [0.1, 0.15) is 17.0 Å². The van der Waals surface area contributed by atoms with Crippen LogP contribution in [0.15, 0.2) is 29.1 Å². The summed E-state index contributed by atoms with van der Waals surface area (Å²) in [6.45, 7) is 4.13. The van der Waals surface area contributed by atoms with Gasteiger partial charge in [-0.2, -0.15) is 4.98 Å². The van der Waals surface area contributed by atoms with E-state index in [1.54, 1.807) is 19.9 Å². The minimum Gasteiger partial charge on any atom is -0.505 e. The van der Waals surface area contributed by atoms with Crippen molar-refractivity contribution in [2.24, 2.45) is 0 Å². The van der Waals surface area contributed by atoms with Gasteiger partial charge in [-0.3, -0.25) is 9.36 Å². The Bertz CT molecular complexity index is 787. The van der Waals surface area contributed by atoms with Crippen LogP contribution in [0.25, 0.3) is 0 Å². The molecule has 2 N–H and O–H groups in total. The van der Waals surface area contributed by atoms with Crippen LogP contribution in [-0.4, -0.2) is 27.1 Å². The Hall–Kier alpha value is -2.70. The smallest absolute Gasteiger partial charge is 0.348 e. The molecule has 0 atom stereocenters. The van der Waals surface area contributed by atoms with Gasteiger partial charge < -0.3 is 10.4 Å². The fourth-order valence-electron chi connectivity index (χ4n) is 2.26. The molecule has 7 heteroatoms. The fraction of sp³-hybridized carbons (Fsp3) is 0.312. The molecule has 2 aromatic rings. The number of aromatic hydroxyl groups is 1. The predicted octanol–water partition coefficient (Wildman–Crippen LogP) is 1.06. The highest BCUT2D eigenvalue weighted by Gasteiger charge is 2.08. The van der Waals surface area contributed by atoms with Crippen molar-refractivity contribution in [1.29, 1.82) is 0 Å². The zero-order valence-corrected chi connectivity index (χ0v) is 13.0. The normalized spacial score (nSPS) is 10.6. The third kappa shape index (κ3) is 4.38. The summed E-state index contributed by atoms with van der Waals surface area (Å²) in [6.07, 6.45) is -0.00275. The Balaban J connectivity index is 1.90. The second-order valence-corrected chi connectivity index (χ2v) is 5.29. The number of hydrogen-bond acceptors (Lipinski definition) is 4. The van der Waals surface area contributed by atoms with Crippen LogP contribution in [-0.2, 0) is 17.8 Å². The van der Waals surface area contributed by atoms with E-state index < -0.39 is 11.6 Å². The van der Waals surface area contributed by atoms with Crippen LogP contribution in [0.3, 0.4) is 0 Å². The summed E-state index contributed by atoms with van der Waals surface area (Å²) >= 11 is 0. The number of carbonyl (C=O) groups is 1. The number of benzene rings is 1. The lowest BCUT2D eigenvalue weighted by atomic mass is 10.1. The van der Waals surface area contributed by atoms with Crippen molar-refractivity contribution in [1.82, 2.24) is 14.9 Å². The first-order valence-electron chi connectivity index (χ1n) is 7.16. The molecule has 0 aliphatic rings. The van der Waals surface area contributed by atoms with E-state index in [1.807, 2.05) is 0 Å². The maximum atomic E-state index is 13.2. The lowest BCUT2D eigenvalue weighted by molar-refractivity contribution is -0.120. The number of carbonyl (C=O) groups excluding carboxylic acids is 1. The van der Waals surface area contributed by atoms with E-state index in [-0.39, 0.29) is 24.6 Å². The van der Waals surface area contributed by atoms with Crippen molar-refractivity contribution in [2.45, 2.75) is 26.8 Å². The van der Waals surface area contributed by atoms with Crippen molar-refractivity contribution >= 4 is 5.91 Å². The summed E-state index contributed by atoms with van der Waals surface area (Å²) in [4.78, 5) is 27.4. The summed E-state index contributed by atoms with van der Waals surface area (Å²) in [5.74, 6) is -1.50. The maximum absolute atomic E-state index is 13.2. The molecule has 0 saturated carbocycles. The number of amides is 1. The molecule has 122 valence electrons. The second kappa shape index (κ2) is 7.04. The SMILES string of the molecule is Cc1cc(C)n(CCNC(=O)Cc2ccc(O)c(F)c2)c(=O)n1. The lowest BCUT2D eigenvalue weighted by Gasteiger charge is -2.10. The number of phenolic OH excluding ortho intramolecular Hbond substituents is 1. The van der Waals surface area contributed by atoms with Crippen LogP contribution in [0.5, 0.6) is 5.75 Å². The van der Waals surface area contributed by atoms with E-state index in [2.05, 4.69) is 10.3 Å². The van der Waals surface area contributed by atoms with Gasteiger partial charge in [-0.1, -0.05) is 6.07 Å². The van der Waals surface area contributed by atoms with Crippen LogP contribution in [0.2, 0.25) is 0 Å². The van der Waals surface area contributed by atoms with Gasteiger partial charge in [-0.25, -0.2) is 9.18 Å². The molecule has 2 rings (SSSR count). The molecule has 0 spiro atoms. The summed E-state index contributed by atoms with van der Waals surface area (Å²) in [5, 5.41) is 11.8. The molecule has 0 radical (unpaired) electrons. The molecule has 1 aromatic heterocycles. The molecular formula is C16H18FN3O3. The van der Waals surface area contributed by atoms with Crippen LogP contribution < -0.4 is 11.0 Å². The van der Waals surface area contributed by atoms with Gasteiger partial charge >= 0.3 is 5.69 Å². The van der Waals surface area contributed by atoms with Crippen LogP contribution in [0, 0.1) is 19.7 Å². The minimum absolute atomic E-state index is 0.00275. The Kier molecular flexibility index (Phi) is 5.10. The first kappa shape index (κ1) is 16.7. The zero-order valence-electron chi connectivity index (χ0n) is 13.0. The molecule has 1 heterocycles. The Morgan fingerprint density at radius 3 is 2.74 bits per heavy atom. The monoisotopic (exact) mass is 319 g/mol. The largest absolute Gasteiger partial charge is 0.505 e. The fourth-order valence-corrected chi connectivity index (χ4v) is 2.26. The van der Waals surface area contributed by atoms with Crippen molar-refractivity contribution < 1.29 is 14.3 Å². The van der Waals surface area contributed by atoms with Gasteiger partial charge in [0, 0.05) is 24.5 Å². The van der Waals surface area contributed by atoms with Gasteiger partial charge in [0.1, 0.15) is 0 Å². The standard InChI is InChI=1S/C16H18FN3O3/c1-10-7-11(2)20(16(23)19-10)6-5-18-15(22)9-12-3-4-14(21)13(17)8-12/h3-4,7-8,21H,5-6,9H2,1-2H3,(H,18,22). The average Bonchev–Trinajstić information content (AvgIpc) is 2.45. The number of nitrogens with zero attached hydrogens (tertiary/aromatic N) is 2. The highest BCUT2D eigenvalue weighted by atomic mass is 19.1. The van der Waals surface area contributed by atoms with Crippen molar-refractivity contribution in [3.63, 3.8) is 0 Å². The molecule has 0 aliphatic heterocycles. The van der Waals surface area contributed by atoms with Gasteiger partial charge in [0.05, 0.1) is 6.42 Å². The van der Waals surface area contributed by atoms with Gasteiger partial charge in [0.25, 0.3) is 0 Å². The molecule has 1 amide bonds. The summed E-state index contributed by atoms with van der Waals surface area (Å²) in [6, 6.07) is 5.60. The Morgan fingerprint density at radius 1 is 1.35 bits per heavy atom. The van der Waals surface area contributed by atoms with Crippen molar-refractivity contribution in [3.05, 3.63) is 57.5 Å². The summed E-state index contributed by atoms with van der Waals surface area (Å²) in [5.41, 5.74) is 1.54. The maximum Gasteiger partial charge on any atom is 0.348 e. The quantitative estimate of drug-likeness (QED) is 0.863. The average molecular weight is 319 g/mol. The van der Waals surface area contributed by atoms with E-state index in [9.17, 15) is 14.0 Å². The molecule has 6 nitrogen and oxygen atoms in total. The van der Waals surface area contributed by atoms with Crippen molar-refractivity contribution in [3.8, 4) is 5.75 Å². The summed E-state index contributed by atoms with van der Waals surface area (Å²) in [7, 11) is 0. The van der Waals surface area contributed by atoms with Crippen LogP contribution >= 0.6 is 0 Å². The molecule has 0 saturated heterocycles. The topological polar surface area (TPSA) is 84.2 Å². The molecule has 0 fully saturated rings. The number of rotatable bonds is 5. The number of nitrogens with one attached hydrogen (secondary N) is 1. The first-order valence-corrected chi connectivity index (χ1v) is 7.16. The number of phenols is 1. The molecule has 23 heavy (non-hydrogen) atoms. The van der Waals surface area contributed by atoms with E-state index >= 15 is 0 Å². The number of hydrogen-bond donors (Lipinski definition) is 2. The first-order chi connectivity index (χ1) is 10.9. The van der Waals surface area contributed by atoms with Gasteiger partial charge in [-0.15, -0.1) is 0 Å². The Morgan fingerprint density at radius 2 is 2.09 bits per heavy atom. The minimum atomic E-state index is -0.761. The molecule has 0 aliphatic carbocycles. The second-order valence-electron chi connectivity index (χ2n) is 5.29. The predicted molar refractivity (Wildman–Crippen MR) is 82.7 cm³/mol. The van der Waals surface area contributed by atoms with E-state index in [0.29, 0.717) is 17.8 Å². The van der Waals surface area contributed by atoms with Crippen LogP contribution in [0.4, 0.5) is 4.39 Å². The summed E-state index contributed by atoms with van der Waals surface area (Å²) < 4.78 is 14.7. The zero-order chi connectivity index (χ0) is 17.0. The molecule has 1 aromatic carbocycles. The van der Waals surface area contributed by atoms with E-state index in [0.717, 1.165) is 11.8 Å². The van der Waals surface area contributed by atoms with Crippen molar-refractivity contribution in [2.75, 3.05) is 6.54 Å². The number of halogens is 1. The number of aryl methyl sites for hydroxylation is 2. The molecular weight excluding hydrogens is 301 g/mol. The highest BCUT2D eigenvalue weighted by Crippen LogP contribution is 2.16.